The number of aromatic nitrogens is 1. The number of benzene rings is 2. The summed E-state index contributed by atoms with van der Waals surface area (Å²) in [6.07, 6.45) is 0.971. The Morgan fingerprint density at radius 2 is 1.85 bits per heavy atom. The maximum Gasteiger partial charge on any atom is 0.139 e. The monoisotopic (exact) mass is 395 g/mol. The molecule has 1 aromatic heterocycles. The van der Waals surface area contributed by atoms with Crippen LogP contribution in [0.2, 0.25) is 5.02 Å². The van der Waals surface area contributed by atoms with E-state index in [2.05, 4.69) is 24.0 Å². The fraction of sp³-hybridized carbons (Fsp3) is 0.143. The molecule has 0 atom stereocenters. The maximum atomic E-state index is 10.5. The van der Waals surface area contributed by atoms with E-state index in [4.69, 9.17) is 17.0 Å². The summed E-state index contributed by atoms with van der Waals surface area (Å²) in [5, 5.41) is 22.3. The summed E-state index contributed by atoms with van der Waals surface area (Å²) in [5.41, 5.74) is 4.41. The van der Waals surface area contributed by atoms with E-state index < -0.39 is 0 Å². The summed E-state index contributed by atoms with van der Waals surface area (Å²) in [6.45, 7) is 2.40. The summed E-state index contributed by atoms with van der Waals surface area (Å²) in [4.78, 5) is 6.44. The van der Waals surface area contributed by atoms with Crippen LogP contribution < -0.4 is 4.90 Å². The van der Waals surface area contributed by atoms with Gasteiger partial charge in [-0.25, -0.2) is 4.98 Å². The SMILES string of the molecule is CCc1ccc(N2CC(O)=C(c3nc(-c4ccc(Cl)cc4)cs3)C2=N)cc1. The highest BCUT2D eigenvalue weighted by Gasteiger charge is 2.31. The van der Waals surface area contributed by atoms with Crippen LogP contribution in [-0.4, -0.2) is 22.5 Å². The lowest BCUT2D eigenvalue weighted by Gasteiger charge is -2.18. The van der Waals surface area contributed by atoms with Gasteiger partial charge in [-0.1, -0.05) is 42.8 Å². The first-order chi connectivity index (χ1) is 13.1. The van der Waals surface area contributed by atoms with E-state index in [1.54, 1.807) is 4.90 Å². The number of rotatable bonds is 4. The van der Waals surface area contributed by atoms with Crippen molar-refractivity contribution in [1.82, 2.24) is 4.98 Å². The molecule has 27 heavy (non-hydrogen) atoms. The van der Waals surface area contributed by atoms with Crippen molar-refractivity contribution in [2.75, 3.05) is 11.4 Å². The van der Waals surface area contributed by atoms with E-state index in [-0.39, 0.29) is 18.1 Å². The Hall–Kier alpha value is -2.63. The molecule has 1 aliphatic heterocycles. The predicted octanol–water partition coefficient (Wildman–Crippen LogP) is 5.79. The first kappa shape index (κ1) is 17.8. The molecule has 1 aliphatic rings. The van der Waals surface area contributed by atoms with Crippen molar-refractivity contribution in [3.63, 3.8) is 0 Å². The third-order valence-corrected chi connectivity index (χ3v) is 5.73. The highest BCUT2D eigenvalue weighted by atomic mass is 35.5. The van der Waals surface area contributed by atoms with E-state index in [9.17, 15) is 5.11 Å². The Balaban J connectivity index is 1.61. The molecule has 6 heteroatoms. The van der Waals surface area contributed by atoms with Crippen molar-refractivity contribution in [2.45, 2.75) is 13.3 Å². The van der Waals surface area contributed by atoms with Crippen LogP contribution in [0.5, 0.6) is 0 Å². The van der Waals surface area contributed by atoms with Crippen LogP contribution in [0.4, 0.5) is 5.69 Å². The lowest BCUT2D eigenvalue weighted by molar-refractivity contribution is 0.411. The number of hydrogen-bond acceptors (Lipinski definition) is 4. The lowest BCUT2D eigenvalue weighted by atomic mass is 10.1. The first-order valence-corrected chi connectivity index (χ1v) is 9.92. The van der Waals surface area contributed by atoms with Crippen LogP contribution in [0.1, 0.15) is 17.5 Å². The Labute approximate surface area is 166 Å². The molecule has 0 saturated carbocycles. The van der Waals surface area contributed by atoms with Gasteiger partial charge in [0, 0.05) is 21.7 Å². The number of hydrogen-bond donors (Lipinski definition) is 2. The molecule has 0 amide bonds. The van der Waals surface area contributed by atoms with Crippen LogP contribution in [0.3, 0.4) is 0 Å². The van der Waals surface area contributed by atoms with Gasteiger partial charge in [0.05, 0.1) is 17.8 Å². The Morgan fingerprint density at radius 3 is 2.52 bits per heavy atom. The number of amidine groups is 1. The van der Waals surface area contributed by atoms with E-state index in [0.717, 1.165) is 23.4 Å². The normalized spacial score (nSPS) is 14.3. The van der Waals surface area contributed by atoms with Crippen molar-refractivity contribution >= 4 is 40.0 Å². The second-order valence-electron chi connectivity index (χ2n) is 6.32. The number of aliphatic hydroxyl groups excluding tert-OH is 1. The molecular formula is C21H18ClN3OS. The number of aryl methyl sites for hydroxylation is 1. The van der Waals surface area contributed by atoms with Gasteiger partial charge in [0.2, 0.25) is 0 Å². The molecule has 136 valence electrons. The van der Waals surface area contributed by atoms with Gasteiger partial charge in [0.1, 0.15) is 16.6 Å². The van der Waals surface area contributed by atoms with Crippen molar-refractivity contribution < 1.29 is 5.11 Å². The fourth-order valence-electron chi connectivity index (χ4n) is 3.08. The highest BCUT2D eigenvalue weighted by molar-refractivity contribution is 7.11. The molecule has 2 aromatic carbocycles. The van der Waals surface area contributed by atoms with Crippen molar-refractivity contribution in [2.24, 2.45) is 0 Å². The number of aliphatic hydroxyl groups is 1. The summed E-state index contributed by atoms with van der Waals surface area (Å²) >= 11 is 7.37. The van der Waals surface area contributed by atoms with Crippen LogP contribution >= 0.6 is 22.9 Å². The van der Waals surface area contributed by atoms with Crippen LogP contribution in [0.15, 0.2) is 59.7 Å². The fourth-order valence-corrected chi connectivity index (χ4v) is 4.10. The molecule has 4 nitrogen and oxygen atoms in total. The molecular weight excluding hydrogens is 378 g/mol. The van der Waals surface area contributed by atoms with Gasteiger partial charge >= 0.3 is 0 Å². The molecule has 3 aromatic rings. The average Bonchev–Trinajstić information content (AvgIpc) is 3.27. The molecule has 0 spiro atoms. The lowest BCUT2D eigenvalue weighted by Crippen LogP contribution is -2.25. The second-order valence-corrected chi connectivity index (χ2v) is 7.62. The molecule has 0 radical (unpaired) electrons. The first-order valence-electron chi connectivity index (χ1n) is 8.66. The maximum absolute atomic E-state index is 10.5. The number of thiazole rings is 1. The molecule has 0 fully saturated rings. The van der Waals surface area contributed by atoms with Gasteiger partial charge in [0.15, 0.2) is 0 Å². The predicted molar refractivity (Wildman–Crippen MR) is 113 cm³/mol. The molecule has 2 heterocycles. The van der Waals surface area contributed by atoms with Gasteiger partial charge in [0.25, 0.3) is 0 Å². The Morgan fingerprint density at radius 1 is 1.15 bits per heavy atom. The topological polar surface area (TPSA) is 60.2 Å². The zero-order valence-electron chi connectivity index (χ0n) is 14.7. The molecule has 2 N–H and O–H groups in total. The molecule has 0 unspecified atom stereocenters. The zero-order chi connectivity index (χ0) is 19.0. The Bertz CT molecular complexity index is 1020. The second kappa shape index (κ2) is 7.18. The van der Waals surface area contributed by atoms with Gasteiger partial charge in [-0.2, -0.15) is 0 Å². The molecule has 0 bridgehead atoms. The number of nitrogens with zero attached hydrogens (tertiary/aromatic N) is 2. The molecule has 0 saturated heterocycles. The third kappa shape index (κ3) is 3.36. The van der Waals surface area contributed by atoms with Crippen LogP contribution in [0, 0.1) is 5.41 Å². The quantitative estimate of drug-likeness (QED) is 0.587. The van der Waals surface area contributed by atoms with Gasteiger partial charge in [-0.15, -0.1) is 11.3 Å². The van der Waals surface area contributed by atoms with E-state index in [1.807, 2.05) is 41.8 Å². The minimum Gasteiger partial charge on any atom is -0.510 e. The van der Waals surface area contributed by atoms with Crippen molar-refractivity contribution in [3.8, 4) is 11.3 Å². The third-order valence-electron chi connectivity index (χ3n) is 4.62. The van der Waals surface area contributed by atoms with Gasteiger partial charge < -0.3 is 10.0 Å². The standard InChI is InChI=1S/C21H18ClN3OS/c1-2-13-3-9-16(10-4-13)25-11-18(26)19(20(25)23)21-24-17(12-27-21)14-5-7-15(22)8-6-14/h3-10,12,23,26H,2,11H2,1H3. The van der Waals surface area contributed by atoms with Crippen LogP contribution in [-0.2, 0) is 6.42 Å². The average molecular weight is 396 g/mol. The zero-order valence-corrected chi connectivity index (χ0v) is 16.3. The smallest absolute Gasteiger partial charge is 0.139 e. The molecule has 0 aliphatic carbocycles. The van der Waals surface area contributed by atoms with E-state index in [0.29, 0.717) is 15.6 Å². The summed E-state index contributed by atoms with van der Waals surface area (Å²) < 4.78 is 0. The summed E-state index contributed by atoms with van der Waals surface area (Å²) in [6, 6.07) is 15.6. The van der Waals surface area contributed by atoms with E-state index >= 15 is 0 Å². The highest BCUT2D eigenvalue weighted by Crippen LogP contribution is 2.34. The minimum atomic E-state index is 0.177. The minimum absolute atomic E-state index is 0.177. The Kier molecular flexibility index (Phi) is 4.72. The van der Waals surface area contributed by atoms with Gasteiger partial charge in [-0.05, 0) is 36.2 Å². The number of anilines is 1. The largest absolute Gasteiger partial charge is 0.510 e. The van der Waals surface area contributed by atoms with E-state index in [1.165, 1.54) is 16.9 Å². The molecule has 4 rings (SSSR count). The number of nitrogens with one attached hydrogen (secondary N) is 1. The summed E-state index contributed by atoms with van der Waals surface area (Å²) in [7, 11) is 0. The van der Waals surface area contributed by atoms with Gasteiger partial charge in [-0.3, -0.25) is 5.41 Å². The van der Waals surface area contributed by atoms with Crippen molar-refractivity contribution in [3.05, 3.63) is 75.3 Å². The summed E-state index contributed by atoms with van der Waals surface area (Å²) in [5.74, 6) is 0.449. The van der Waals surface area contributed by atoms with Crippen LogP contribution in [0.25, 0.3) is 16.8 Å². The number of halogens is 1. The van der Waals surface area contributed by atoms with Crippen molar-refractivity contribution in [1.29, 1.82) is 5.41 Å².